The van der Waals surface area contributed by atoms with E-state index in [0.29, 0.717) is 0 Å². The van der Waals surface area contributed by atoms with E-state index in [4.69, 9.17) is 5.73 Å². The van der Waals surface area contributed by atoms with Crippen LogP contribution in [0.25, 0.3) is 22.3 Å². The minimum absolute atomic E-state index is 0.764. The van der Waals surface area contributed by atoms with Gasteiger partial charge in [-0.2, -0.15) is 0 Å². The molecule has 33 heavy (non-hydrogen) atoms. The fourth-order valence-electron chi connectivity index (χ4n) is 3.95. The third kappa shape index (κ3) is 4.58. The molecule has 5 rings (SSSR count). The van der Waals surface area contributed by atoms with Crippen LogP contribution in [0.2, 0.25) is 0 Å². The van der Waals surface area contributed by atoms with Gasteiger partial charge in [-0.05, 0) is 70.8 Å². The van der Waals surface area contributed by atoms with Crippen LogP contribution in [0, 0.1) is 0 Å². The Hall–Kier alpha value is -4.50. The molecule has 0 bridgehead atoms. The van der Waals surface area contributed by atoms with E-state index < -0.39 is 0 Å². The molecule has 5 aromatic rings. The molecule has 5 aromatic carbocycles. The van der Waals surface area contributed by atoms with Crippen LogP contribution < -0.4 is 16.2 Å². The summed E-state index contributed by atoms with van der Waals surface area (Å²) in [4.78, 5) is 0. The summed E-state index contributed by atoms with van der Waals surface area (Å²) in [6, 6.07) is 45.7. The van der Waals surface area contributed by atoms with Crippen molar-refractivity contribution in [3.05, 3.63) is 133 Å². The van der Waals surface area contributed by atoms with Crippen molar-refractivity contribution >= 4 is 22.7 Å². The summed E-state index contributed by atoms with van der Waals surface area (Å²) in [5, 5.41) is 2.10. The minimum atomic E-state index is 0.764. The molecule has 0 saturated heterocycles. The molecule has 3 nitrogen and oxygen atoms in total. The Morgan fingerprint density at radius 1 is 0.485 bits per heavy atom. The molecule has 0 saturated carbocycles. The van der Waals surface area contributed by atoms with Crippen LogP contribution in [0.4, 0.5) is 22.7 Å². The second-order valence-electron chi connectivity index (χ2n) is 7.87. The van der Waals surface area contributed by atoms with Gasteiger partial charge < -0.3 is 5.73 Å². The predicted molar refractivity (Wildman–Crippen MR) is 140 cm³/mol. The molecule has 0 unspecified atom stereocenters. The van der Waals surface area contributed by atoms with Crippen molar-refractivity contribution < 1.29 is 0 Å². The predicted octanol–water partition coefficient (Wildman–Crippen LogP) is 7.77. The van der Waals surface area contributed by atoms with Crippen molar-refractivity contribution in [3.8, 4) is 22.3 Å². The summed E-state index contributed by atoms with van der Waals surface area (Å²) < 4.78 is 0. The highest BCUT2D eigenvalue weighted by molar-refractivity contribution is 5.86. The van der Waals surface area contributed by atoms with E-state index in [9.17, 15) is 0 Å². The van der Waals surface area contributed by atoms with Crippen LogP contribution in [0.5, 0.6) is 0 Å². The number of benzene rings is 5. The van der Waals surface area contributed by atoms with E-state index in [-0.39, 0.29) is 0 Å². The molecule has 0 aromatic heterocycles. The number of rotatable bonds is 6. The first-order chi connectivity index (χ1) is 16.3. The zero-order valence-corrected chi connectivity index (χ0v) is 18.2. The van der Waals surface area contributed by atoms with E-state index >= 15 is 0 Å². The zero-order chi connectivity index (χ0) is 22.5. The number of nitrogens with zero attached hydrogens (tertiary/aromatic N) is 1. The minimum Gasteiger partial charge on any atom is -0.399 e. The Labute approximate surface area is 194 Å². The molecule has 0 radical (unpaired) electrons. The third-order valence-corrected chi connectivity index (χ3v) is 5.60. The zero-order valence-electron chi connectivity index (χ0n) is 18.2. The van der Waals surface area contributed by atoms with E-state index in [1.54, 1.807) is 0 Å². The highest BCUT2D eigenvalue weighted by atomic mass is 15.5. The van der Waals surface area contributed by atoms with Crippen molar-refractivity contribution in [2.75, 3.05) is 16.2 Å². The normalized spacial score (nSPS) is 10.5. The van der Waals surface area contributed by atoms with Gasteiger partial charge in [0.1, 0.15) is 0 Å². The van der Waals surface area contributed by atoms with Crippen LogP contribution in [0.3, 0.4) is 0 Å². The molecule has 3 heteroatoms. The fourth-order valence-corrected chi connectivity index (χ4v) is 3.95. The number of nitrogen functional groups attached to an aromatic ring is 1. The Morgan fingerprint density at radius 3 is 1.58 bits per heavy atom. The van der Waals surface area contributed by atoms with Crippen LogP contribution >= 0.6 is 0 Å². The van der Waals surface area contributed by atoms with Gasteiger partial charge in [-0.3, -0.25) is 10.4 Å². The van der Waals surface area contributed by atoms with Crippen LogP contribution in [-0.2, 0) is 0 Å². The number of hydrogen-bond donors (Lipinski definition) is 2. The molecular weight excluding hydrogens is 402 g/mol. The lowest BCUT2D eigenvalue weighted by Crippen LogP contribution is -2.24. The van der Waals surface area contributed by atoms with Gasteiger partial charge in [-0.25, -0.2) is 0 Å². The lowest BCUT2D eigenvalue weighted by Gasteiger charge is -2.27. The molecule has 0 aliphatic heterocycles. The highest BCUT2D eigenvalue weighted by Gasteiger charge is 2.13. The first kappa shape index (κ1) is 20.4. The Morgan fingerprint density at radius 2 is 1.00 bits per heavy atom. The van der Waals surface area contributed by atoms with Gasteiger partial charge in [0.25, 0.3) is 0 Å². The molecule has 0 spiro atoms. The summed E-state index contributed by atoms with van der Waals surface area (Å²) in [6.45, 7) is 0. The van der Waals surface area contributed by atoms with Crippen molar-refractivity contribution in [1.29, 1.82) is 0 Å². The Kier molecular flexibility index (Phi) is 5.77. The van der Waals surface area contributed by atoms with E-state index in [0.717, 1.165) is 39.4 Å². The monoisotopic (exact) mass is 427 g/mol. The third-order valence-electron chi connectivity index (χ3n) is 5.60. The molecule has 160 valence electrons. The van der Waals surface area contributed by atoms with Crippen molar-refractivity contribution in [2.45, 2.75) is 0 Å². The lowest BCUT2D eigenvalue weighted by molar-refractivity contribution is 1.16. The van der Waals surface area contributed by atoms with Gasteiger partial charge in [-0.15, -0.1) is 0 Å². The molecule has 0 aliphatic carbocycles. The van der Waals surface area contributed by atoms with Crippen molar-refractivity contribution in [1.82, 2.24) is 0 Å². The average molecular weight is 428 g/mol. The highest BCUT2D eigenvalue weighted by Crippen LogP contribution is 2.36. The summed E-state index contributed by atoms with van der Waals surface area (Å²) in [5.74, 6) is 0. The molecule has 0 aliphatic rings. The second kappa shape index (κ2) is 9.33. The first-order valence-corrected chi connectivity index (χ1v) is 11.0. The smallest absolute Gasteiger partial charge is 0.0630 e. The average Bonchev–Trinajstić information content (AvgIpc) is 2.89. The van der Waals surface area contributed by atoms with Crippen molar-refractivity contribution in [3.63, 3.8) is 0 Å². The van der Waals surface area contributed by atoms with Crippen molar-refractivity contribution in [2.24, 2.45) is 0 Å². The fraction of sp³-hybridized carbons (Fsp3) is 0. The van der Waals surface area contributed by atoms with Crippen LogP contribution in [0.15, 0.2) is 133 Å². The molecule has 3 N–H and O–H groups in total. The molecule has 0 atom stereocenters. The molecule has 0 amide bonds. The summed E-state index contributed by atoms with van der Waals surface area (Å²) >= 11 is 0. The van der Waals surface area contributed by atoms with Gasteiger partial charge >= 0.3 is 0 Å². The summed E-state index contributed by atoms with van der Waals surface area (Å²) in [7, 11) is 0. The molecular formula is C30H25N3. The Balaban J connectivity index is 1.59. The standard InChI is InChI=1S/C30H25N3/c31-25-18-16-24(17-19-25)29-21-20-26(22-30(29)23-10-4-1-5-11-23)32-33(27-12-6-2-7-13-27)28-14-8-3-9-15-28/h1-22,32H,31H2. The van der Waals surface area contributed by atoms with Gasteiger partial charge in [0.05, 0.1) is 17.1 Å². The summed E-state index contributed by atoms with van der Waals surface area (Å²) in [5.41, 5.74) is 18.1. The maximum atomic E-state index is 5.93. The topological polar surface area (TPSA) is 41.3 Å². The largest absolute Gasteiger partial charge is 0.399 e. The number of hydrazine groups is 1. The maximum Gasteiger partial charge on any atom is 0.0630 e. The van der Waals surface area contributed by atoms with Gasteiger partial charge in [0.2, 0.25) is 0 Å². The number of nitrogens with one attached hydrogen (secondary N) is 1. The lowest BCUT2D eigenvalue weighted by atomic mass is 9.94. The number of nitrogens with two attached hydrogens (primary N) is 1. The second-order valence-corrected chi connectivity index (χ2v) is 7.87. The number of anilines is 4. The summed E-state index contributed by atoms with van der Waals surface area (Å²) in [6.07, 6.45) is 0. The van der Waals surface area contributed by atoms with Gasteiger partial charge in [-0.1, -0.05) is 84.9 Å². The van der Waals surface area contributed by atoms with E-state index in [2.05, 4.69) is 89.3 Å². The van der Waals surface area contributed by atoms with E-state index in [1.165, 1.54) is 5.56 Å². The van der Waals surface area contributed by atoms with Gasteiger partial charge in [0, 0.05) is 5.69 Å². The van der Waals surface area contributed by atoms with Crippen LogP contribution in [-0.4, -0.2) is 0 Å². The Bertz CT molecular complexity index is 1280. The maximum absolute atomic E-state index is 5.93. The molecule has 0 fully saturated rings. The van der Waals surface area contributed by atoms with E-state index in [1.807, 2.05) is 54.6 Å². The number of hydrogen-bond acceptors (Lipinski definition) is 3. The molecule has 0 heterocycles. The quantitative estimate of drug-likeness (QED) is 0.215. The SMILES string of the molecule is Nc1ccc(-c2ccc(NN(c3ccccc3)c3ccccc3)cc2-c2ccccc2)cc1. The van der Waals surface area contributed by atoms with Gasteiger partial charge in [0.15, 0.2) is 0 Å². The number of para-hydroxylation sites is 2. The van der Waals surface area contributed by atoms with Crippen LogP contribution in [0.1, 0.15) is 0 Å². The first-order valence-electron chi connectivity index (χ1n) is 11.0.